The SMILES string of the molecule is C=C(/C=C/C=C/C=O)O[C@@H]1C=C(CO)[C@](O)(CO)[C@@]2(C)CCCC(C)(C)C12. The van der Waals surface area contributed by atoms with Crippen molar-refractivity contribution in [3.8, 4) is 0 Å². The Labute approximate surface area is 161 Å². The van der Waals surface area contributed by atoms with Gasteiger partial charge in [-0.3, -0.25) is 4.79 Å². The molecule has 5 nitrogen and oxygen atoms in total. The summed E-state index contributed by atoms with van der Waals surface area (Å²) < 4.78 is 6.13. The molecule has 1 fully saturated rings. The van der Waals surface area contributed by atoms with E-state index in [0.717, 1.165) is 19.3 Å². The Morgan fingerprint density at radius 3 is 2.56 bits per heavy atom. The van der Waals surface area contributed by atoms with Crippen molar-refractivity contribution in [1.82, 2.24) is 0 Å². The Balaban J connectivity index is 2.44. The van der Waals surface area contributed by atoms with E-state index in [4.69, 9.17) is 4.74 Å². The van der Waals surface area contributed by atoms with E-state index >= 15 is 0 Å². The highest BCUT2D eigenvalue weighted by Crippen LogP contribution is 2.61. The molecule has 2 aliphatic carbocycles. The molecule has 0 heterocycles. The second kappa shape index (κ2) is 8.13. The van der Waals surface area contributed by atoms with Gasteiger partial charge in [-0.2, -0.15) is 0 Å². The van der Waals surface area contributed by atoms with Gasteiger partial charge in [0.25, 0.3) is 0 Å². The molecule has 1 saturated carbocycles. The van der Waals surface area contributed by atoms with Crippen LogP contribution in [0.15, 0.2) is 48.3 Å². The number of rotatable bonds is 7. The van der Waals surface area contributed by atoms with E-state index in [9.17, 15) is 20.1 Å². The Morgan fingerprint density at radius 2 is 1.96 bits per heavy atom. The molecule has 150 valence electrons. The third-order valence-electron chi connectivity index (χ3n) is 6.49. The van der Waals surface area contributed by atoms with E-state index in [-0.39, 0.29) is 24.0 Å². The number of allylic oxidation sites excluding steroid dienone is 4. The van der Waals surface area contributed by atoms with E-state index in [1.54, 1.807) is 24.3 Å². The Hall–Kier alpha value is -1.69. The van der Waals surface area contributed by atoms with Crippen LogP contribution in [0.1, 0.15) is 40.0 Å². The molecule has 5 heteroatoms. The monoisotopic (exact) mass is 376 g/mol. The van der Waals surface area contributed by atoms with Crippen LogP contribution < -0.4 is 0 Å². The predicted molar refractivity (Wildman–Crippen MR) is 105 cm³/mol. The lowest BCUT2D eigenvalue weighted by Gasteiger charge is -2.61. The van der Waals surface area contributed by atoms with Crippen LogP contribution >= 0.6 is 0 Å². The van der Waals surface area contributed by atoms with Gasteiger partial charge in [0.1, 0.15) is 23.8 Å². The molecule has 2 rings (SSSR count). The third kappa shape index (κ3) is 3.82. The minimum atomic E-state index is -1.48. The van der Waals surface area contributed by atoms with Gasteiger partial charge in [0.05, 0.1) is 13.2 Å². The highest BCUT2D eigenvalue weighted by Gasteiger charge is 2.63. The summed E-state index contributed by atoms with van der Waals surface area (Å²) in [6.07, 6.45) is 11.0. The highest BCUT2D eigenvalue weighted by atomic mass is 16.5. The van der Waals surface area contributed by atoms with E-state index in [1.165, 1.54) is 6.08 Å². The first-order valence-corrected chi connectivity index (χ1v) is 9.45. The molecule has 0 spiro atoms. The van der Waals surface area contributed by atoms with Crippen molar-refractivity contribution in [2.45, 2.75) is 51.7 Å². The molecule has 3 N–H and O–H groups in total. The quantitative estimate of drug-likeness (QED) is 0.209. The molecule has 0 saturated heterocycles. The van der Waals surface area contributed by atoms with E-state index < -0.39 is 17.6 Å². The summed E-state index contributed by atoms with van der Waals surface area (Å²) in [6.45, 7) is 9.45. The first kappa shape index (κ1) is 21.6. The number of aliphatic hydroxyl groups excluding tert-OH is 2. The van der Waals surface area contributed by atoms with Crippen molar-refractivity contribution < 1.29 is 24.9 Å². The number of hydrogen-bond acceptors (Lipinski definition) is 5. The van der Waals surface area contributed by atoms with Gasteiger partial charge in [-0.15, -0.1) is 0 Å². The maximum Gasteiger partial charge on any atom is 0.142 e. The van der Waals surface area contributed by atoms with Gasteiger partial charge >= 0.3 is 0 Å². The molecule has 2 aliphatic rings. The highest BCUT2D eigenvalue weighted by molar-refractivity contribution is 5.65. The molecule has 1 unspecified atom stereocenters. The van der Waals surface area contributed by atoms with Gasteiger partial charge in [-0.1, -0.05) is 45.9 Å². The molecular formula is C22H32O5. The minimum absolute atomic E-state index is 0.0677. The zero-order valence-corrected chi connectivity index (χ0v) is 16.5. The average Bonchev–Trinajstić information content (AvgIpc) is 2.60. The number of ether oxygens (including phenoxy) is 1. The summed E-state index contributed by atoms with van der Waals surface area (Å²) >= 11 is 0. The topological polar surface area (TPSA) is 87.0 Å². The molecule has 0 bridgehead atoms. The van der Waals surface area contributed by atoms with Crippen LogP contribution in [0.5, 0.6) is 0 Å². The first-order chi connectivity index (χ1) is 12.7. The molecule has 0 aliphatic heterocycles. The fourth-order valence-electron chi connectivity index (χ4n) is 5.21. The number of carbonyl (C=O) groups is 1. The number of hydrogen-bond donors (Lipinski definition) is 3. The van der Waals surface area contributed by atoms with Gasteiger partial charge < -0.3 is 20.1 Å². The first-order valence-electron chi connectivity index (χ1n) is 9.45. The summed E-state index contributed by atoms with van der Waals surface area (Å²) in [6, 6.07) is 0. The van der Waals surface area contributed by atoms with Crippen molar-refractivity contribution in [2.24, 2.45) is 16.7 Å². The predicted octanol–water partition coefficient (Wildman–Crippen LogP) is 2.68. The van der Waals surface area contributed by atoms with Crippen LogP contribution in [-0.2, 0) is 9.53 Å². The Bertz CT molecular complexity index is 660. The molecule has 0 aromatic carbocycles. The van der Waals surface area contributed by atoms with Gasteiger partial charge in [0.15, 0.2) is 0 Å². The molecule has 0 radical (unpaired) electrons. The maximum atomic E-state index is 11.4. The Morgan fingerprint density at radius 1 is 1.26 bits per heavy atom. The van der Waals surface area contributed by atoms with Gasteiger partial charge in [0.2, 0.25) is 0 Å². The average molecular weight is 376 g/mol. The van der Waals surface area contributed by atoms with Crippen LogP contribution in [0.2, 0.25) is 0 Å². The summed E-state index contributed by atoms with van der Waals surface area (Å²) in [7, 11) is 0. The summed E-state index contributed by atoms with van der Waals surface area (Å²) in [5.41, 5.74) is -1.85. The lowest BCUT2D eigenvalue weighted by molar-refractivity contribution is -0.190. The Kier molecular flexibility index (Phi) is 6.51. The van der Waals surface area contributed by atoms with Crippen LogP contribution in [-0.4, -0.2) is 46.5 Å². The molecule has 0 aromatic rings. The van der Waals surface area contributed by atoms with E-state index in [2.05, 4.69) is 20.4 Å². The van der Waals surface area contributed by atoms with Gasteiger partial charge in [0, 0.05) is 11.3 Å². The van der Waals surface area contributed by atoms with Crippen molar-refractivity contribution in [3.63, 3.8) is 0 Å². The van der Waals surface area contributed by atoms with Crippen molar-refractivity contribution in [1.29, 1.82) is 0 Å². The summed E-state index contributed by atoms with van der Waals surface area (Å²) in [4.78, 5) is 10.3. The third-order valence-corrected chi connectivity index (χ3v) is 6.49. The number of carbonyl (C=O) groups excluding carboxylic acids is 1. The molecule has 0 amide bonds. The summed E-state index contributed by atoms with van der Waals surface area (Å²) in [5, 5.41) is 31.3. The number of aliphatic hydroxyl groups is 3. The van der Waals surface area contributed by atoms with E-state index in [0.29, 0.717) is 17.6 Å². The molecule has 27 heavy (non-hydrogen) atoms. The van der Waals surface area contributed by atoms with Crippen molar-refractivity contribution in [3.05, 3.63) is 48.3 Å². The number of fused-ring (bicyclic) bond motifs is 1. The molecular weight excluding hydrogens is 344 g/mol. The van der Waals surface area contributed by atoms with Gasteiger partial charge in [-0.25, -0.2) is 0 Å². The fourth-order valence-corrected chi connectivity index (χ4v) is 5.21. The van der Waals surface area contributed by atoms with E-state index in [1.807, 2.05) is 6.92 Å². The van der Waals surface area contributed by atoms with Crippen LogP contribution in [0.3, 0.4) is 0 Å². The smallest absolute Gasteiger partial charge is 0.142 e. The second-order valence-corrected chi connectivity index (χ2v) is 8.53. The van der Waals surface area contributed by atoms with Crippen molar-refractivity contribution >= 4 is 6.29 Å². The lowest BCUT2D eigenvalue weighted by atomic mass is 9.46. The van der Waals surface area contributed by atoms with Crippen LogP contribution in [0.4, 0.5) is 0 Å². The lowest BCUT2D eigenvalue weighted by Crippen LogP contribution is -2.65. The standard InChI is InChI=1S/C22H32O5/c1-16(9-6-5-7-12-23)27-18-13-17(14-24)22(26,15-25)21(4)11-8-10-20(2,3)19(18)21/h5-7,9,12-13,18-19,24-26H,1,8,10-11,14-15H2,2-4H3/b7-5+,9-6+/t18-,19?,21+,22-/m1/s1. The van der Waals surface area contributed by atoms with Crippen molar-refractivity contribution in [2.75, 3.05) is 13.2 Å². The summed E-state index contributed by atoms with van der Waals surface area (Å²) in [5.74, 6) is 0.365. The molecule has 4 atom stereocenters. The molecule has 0 aromatic heterocycles. The fraction of sp³-hybridized carbons (Fsp3) is 0.591. The zero-order valence-electron chi connectivity index (χ0n) is 16.5. The maximum absolute atomic E-state index is 11.4. The minimum Gasteiger partial charge on any atom is -0.487 e. The number of aldehydes is 1. The van der Waals surface area contributed by atoms with Gasteiger partial charge in [-0.05, 0) is 42.1 Å². The largest absolute Gasteiger partial charge is 0.487 e. The van der Waals surface area contributed by atoms with Crippen LogP contribution in [0, 0.1) is 16.7 Å². The zero-order chi connectivity index (χ0) is 20.3. The van der Waals surface area contributed by atoms with Crippen LogP contribution in [0.25, 0.3) is 0 Å². The second-order valence-electron chi connectivity index (χ2n) is 8.53. The normalized spacial score (nSPS) is 35.7.